The molecule has 0 aliphatic carbocycles. The standard InChI is InChI=1S/C14H17ClO2/c1-9(2)13(16)5-4-12-8-10-7-11(15)3-6-14(10)17-12/h3,6-9,13,16H,4-5H2,1-2H3. The van der Waals surface area contributed by atoms with Gasteiger partial charge in [0.15, 0.2) is 0 Å². The molecule has 0 saturated heterocycles. The SMILES string of the molecule is CC(C)C(O)CCc1cc2cc(Cl)ccc2o1. The van der Waals surface area contributed by atoms with E-state index in [1.165, 1.54) is 0 Å². The lowest BCUT2D eigenvalue weighted by Gasteiger charge is -2.12. The Morgan fingerprint density at radius 1 is 1.29 bits per heavy atom. The molecular weight excluding hydrogens is 236 g/mol. The lowest BCUT2D eigenvalue weighted by atomic mass is 10.0. The second-order valence-electron chi connectivity index (χ2n) is 4.74. The highest BCUT2D eigenvalue weighted by Crippen LogP contribution is 2.24. The highest BCUT2D eigenvalue weighted by atomic mass is 35.5. The molecule has 0 fully saturated rings. The van der Waals surface area contributed by atoms with Gasteiger partial charge < -0.3 is 9.52 Å². The minimum Gasteiger partial charge on any atom is -0.461 e. The molecule has 0 spiro atoms. The Balaban J connectivity index is 2.09. The molecule has 1 heterocycles. The molecule has 92 valence electrons. The highest BCUT2D eigenvalue weighted by molar-refractivity contribution is 6.31. The highest BCUT2D eigenvalue weighted by Gasteiger charge is 2.11. The number of hydrogen-bond acceptors (Lipinski definition) is 2. The predicted molar refractivity (Wildman–Crippen MR) is 70.4 cm³/mol. The molecule has 1 atom stereocenters. The molecule has 17 heavy (non-hydrogen) atoms. The van der Waals surface area contributed by atoms with Gasteiger partial charge in [-0.05, 0) is 36.6 Å². The zero-order valence-electron chi connectivity index (χ0n) is 10.1. The van der Waals surface area contributed by atoms with Crippen LogP contribution in [0.2, 0.25) is 5.02 Å². The van der Waals surface area contributed by atoms with Crippen LogP contribution in [0.1, 0.15) is 26.0 Å². The second kappa shape index (κ2) is 5.11. The maximum Gasteiger partial charge on any atom is 0.134 e. The molecule has 2 aromatic rings. The largest absolute Gasteiger partial charge is 0.461 e. The van der Waals surface area contributed by atoms with Crippen molar-refractivity contribution in [2.75, 3.05) is 0 Å². The van der Waals surface area contributed by atoms with Crippen molar-refractivity contribution >= 4 is 22.6 Å². The van der Waals surface area contributed by atoms with Crippen molar-refractivity contribution in [3.8, 4) is 0 Å². The summed E-state index contributed by atoms with van der Waals surface area (Å²) in [4.78, 5) is 0. The summed E-state index contributed by atoms with van der Waals surface area (Å²) in [5.74, 6) is 1.19. The van der Waals surface area contributed by atoms with Crippen molar-refractivity contribution < 1.29 is 9.52 Å². The predicted octanol–water partition coefficient (Wildman–Crippen LogP) is 4.04. The number of fused-ring (bicyclic) bond motifs is 1. The second-order valence-corrected chi connectivity index (χ2v) is 5.18. The third-order valence-corrected chi connectivity index (χ3v) is 3.22. The number of rotatable bonds is 4. The Morgan fingerprint density at radius 3 is 2.76 bits per heavy atom. The quantitative estimate of drug-likeness (QED) is 0.891. The Labute approximate surface area is 106 Å². The van der Waals surface area contributed by atoms with Crippen molar-refractivity contribution in [2.45, 2.75) is 32.8 Å². The molecule has 1 unspecified atom stereocenters. The van der Waals surface area contributed by atoms with Gasteiger partial charge in [0.05, 0.1) is 6.10 Å². The zero-order valence-corrected chi connectivity index (χ0v) is 10.9. The van der Waals surface area contributed by atoms with E-state index in [9.17, 15) is 5.11 Å². The van der Waals surface area contributed by atoms with Crippen LogP contribution in [0.4, 0.5) is 0 Å². The number of aliphatic hydroxyl groups is 1. The van der Waals surface area contributed by atoms with Crippen LogP contribution in [0, 0.1) is 5.92 Å². The van der Waals surface area contributed by atoms with Gasteiger partial charge in [-0.1, -0.05) is 25.4 Å². The minimum atomic E-state index is -0.271. The average molecular weight is 253 g/mol. The first kappa shape index (κ1) is 12.5. The molecule has 2 nitrogen and oxygen atoms in total. The fourth-order valence-corrected chi connectivity index (χ4v) is 2.00. The Kier molecular flexibility index (Phi) is 3.75. The fourth-order valence-electron chi connectivity index (χ4n) is 1.82. The lowest BCUT2D eigenvalue weighted by Crippen LogP contribution is -2.15. The number of benzene rings is 1. The van der Waals surface area contributed by atoms with Gasteiger partial charge in [-0.3, -0.25) is 0 Å². The Hall–Kier alpha value is -0.990. The van der Waals surface area contributed by atoms with Gasteiger partial charge in [0.25, 0.3) is 0 Å². The van der Waals surface area contributed by atoms with E-state index in [1.54, 1.807) is 0 Å². The number of furan rings is 1. The van der Waals surface area contributed by atoms with Crippen molar-refractivity contribution in [3.05, 3.63) is 35.0 Å². The summed E-state index contributed by atoms with van der Waals surface area (Å²) in [6.07, 6.45) is 1.21. The number of aryl methyl sites for hydroxylation is 1. The van der Waals surface area contributed by atoms with Crippen LogP contribution in [0.3, 0.4) is 0 Å². The van der Waals surface area contributed by atoms with Crippen LogP contribution < -0.4 is 0 Å². The summed E-state index contributed by atoms with van der Waals surface area (Å²) < 4.78 is 5.68. The van der Waals surface area contributed by atoms with Crippen molar-refractivity contribution in [1.82, 2.24) is 0 Å². The van der Waals surface area contributed by atoms with E-state index in [1.807, 2.05) is 38.1 Å². The van der Waals surface area contributed by atoms with Crippen LogP contribution >= 0.6 is 11.6 Å². The summed E-state index contributed by atoms with van der Waals surface area (Å²) in [6.45, 7) is 4.03. The van der Waals surface area contributed by atoms with Crippen LogP contribution in [0.15, 0.2) is 28.7 Å². The number of halogens is 1. The first-order valence-electron chi connectivity index (χ1n) is 5.92. The van der Waals surface area contributed by atoms with E-state index >= 15 is 0 Å². The first-order chi connectivity index (χ1) is 8.06. The van der Waals surface area contributed by atoms with E-state index in [4.69, 9.17) is 16.0 Å². The fraction of sp³-hybridized carbons (Fsp3) is 0.429. The molecule has 2 rings (SSSR count). The zero-order chi connectivity index (χ0) is 12.4. The topological polar surface area (TPSA) is 33.4 Å². The third-order valence-electron chi connectivity index (χ3n) is 2.99. The molecule has 1 aromatic carbocycles. The van der Waals surface area contributed by atoms with Crippen LogP contribution in [0.5, 0.6) is 0 Å². The monoisotopic (exact) mass is 252 g/mol. The first-order valence-corrected chi connectivity index (χ1v) is 6.30. The molecule has 0 saturated carbocycles. The van der Waals surface area contributed by atoms with Gasteiger partial charge in [0, 0.05) is 16.8 Å². The molecular formula is C14H17ClO2. The molecule has 0 radical (unpaired) electrons. The molecule has 0 bridgehead atoms. The molecule has 1 aromatic heterocycles. The van der Waals surface area contributed by atoms with Gasteiger partial charge in [-0.15, -0.1) is 0 Å². The van der Waals surface area contributed by atoms with E-state index in [0.29, 0.717) is 5.02 Å². The molecule has 0 aliphatic rings. The number of aliphatic hydroxyl groups excluding tert-OH is 1. The minimum absolute atomic E-state index is 0.271. The van der Waals surface area contributed by atoms with Gasteiger partial charge in [0.2, 0.25) is 0 Å². The third kappa shape index (κ3) is 3.02. The average Bonchev–Trinajstić information content (AvgIpc) is 2.67. The summed E-state index contributed by atoms with van der Waals surface area (Å²) in [6, 6.07) is 7.58. The van der Waals surface area contributed by atoms with Crippen LogP contribution in [-0.4, -0.2) is 11.2 Å². The molecule has 0 amide bonds. The van der Waals surface area contributed by atoms with E-state index in [-0.39, 0.29) is 12.0 Å². The summed E-state index contributed by atoms with van der Waals surface area (Å²) >= 11 is 5.92. The Bertz CT molecular complexity index is 502. The van der Waals surface area contributed by atoms with Crippen molar-refractivity contribution in [2.24, 2.45) is 5.92 Å². The van der Waals surface area contributed by atoms with E-state index in [0.717, 1.165) is 29.6 Å². The number of hydrogen-bond donors (Lipinski definition) is 1. The van der Waals surface area contributed by atoms with E-state index in [2.05, 4.69) is 0 Å². The van der Waals surface area contributed by atoms with Gasteiger partial charge in [0.1, 0.15) is 11.3 Å². The molecule has 3 heteroatoms. The van der Waals surface area contributed by atoms with E-state index < -0.39 is 0 Å². The van der Waals surface area contributed by atoms with Gasteiger partial charge in [-0.25, -0.2) is 0 Å². The summed E-state index contributed by atoms with van der Waals surface area (Å²) in [7, 11) is 0. The maximum absolute atomic E-state index is 9.74. The van der Waals surface area contributed by atoms with Gasteiger partial charge in [-0.2, -0.15) is 0 Å². The Morgan fingerprint density at radius 2 is 2.06 bits per heavy atom. The smallest absolute Gasteiger partial charge is 0.134 e. The van der Waals surface area contributed by atoms with Crippen LogP contribution in [-0.2, 0) is 6.42 Å². The van der Waals surface area contributed by atoms with Crippen molar-refractivity contribution in [1.29, 1.82) is 0 Å². The van der Waals surface area contributed by atoms with Gasteiger partial charge >= 0.3 is 0 Å². The maximum atomic E-state index is 9.74. The van der Waals surface area contributed by atoms with Crippen molar-refractivity contribution in [3.63, 3.8) is 0 Å². The molecule has 0 aliphatic heterocycles. The summed E-state index contributed by atoms with van der Waals surface area (Å²) in [5.41, 5.74) is 0.850. The lowest BCUT2D eigenvalue weighted by molar-refractivity contribution is 0.115. The van der Waals surface area contributed by atoms with Crippen LogP contribution in [0.25, 0.3) is 11.0 Å². The summed E-state index contributed by atoms with van der Waals surface area (Å²) in [5, 5.41) is 11.5. The molecule has 1 N–H and O–H groups in total. The normalized spacial score (nSPS) is 13.5.